The average molecular weight is 447 g/mol. The standard InChI is InChI=1S/C27H21N5O2/c1-16-12-17(2)14-18(13-16)32-25-23(24-26(32)30-20-9-5-4-8-19(20)29-24)27(33)31(15-28-25)21-10-6-7-11-22(21)34-3/h4-15H,1-3H3. The molecule has 3 heterocycles. The smallest absolute Gasteiger partial charge is 0.269 e. The average Bonchev–Trinajstić information content (AvgIpc) is 3.16. The van der Waals surface area contributed by atoms with Gasteiger partial charge >= 0.3 is 0 Å². The first-order valence-corrected chi connectivity index (χ1v) is 11.0. The molecule has 3 aromatic carbocycles. The van der Waals surface area contributed by atoms with Crippen LogP contribution in [0, 0.1) is 13.8 Å². The quantitative estimate of drug-likeness (QED) is 0.386. The predicted octanol–water partition coefficient (Wildman–Crippen LogP) is 4.90. The first-order chi connectivity index (χ1) is 16.5. The van der Waals surface area contributed by atoms with Crippen molar-refractivity contribution in [3.8, 4) is 17.1 Å². The molecule has 7 nitrogen and oxygen atoms in total. The summed E-state index contributed by atoms with van der Waals surface area (Å²) in [5.74, 6) is 0.584. The van der Waals surface area contributed by atoms with Crippen LogP contribution in [0.5, 0.6) is 5.75 Å². The van der Waals surface area contributed by atoms with Gasteiger partial charge in [-0.3, -0.25) is 13.9 Å². The van der Waals surface area contributed by atoms with E-state index in [4.69, 9.17) is 19.7 Å². The highest BCUT2D eigenvalue weighted by Gasteiger charge is 2.22. The van der Waals surface area contributed by atoms with E-state index in [1.165, 1.54) is 4.57 Å². The van der Waals surface area contributed by atoms with Gasteiger partial charge in [0, 0.05) is 5.69 Å². The predicted molar refractivity (Wildman–Crippen MR) is 133 cm³/mol. The van der Waals surface area contributed by atoms with E-state index in [1.54, 1.807) is 13.4 Å². The van der Waals surface area contributed by atoms with Gasteiger partial charge in [-0.05, 0) is 61.4 Å². The second-order valence-corrected chi connectivity index (χ2v) is 8.36. The van der Waals surface area contributed by atoms with Gasteiger partial charge in [0.15, 0.2) is 11.3 Å². The van der Waals surface area contributed by atoms with E-state index in [-0.39, 0.29) is 5.56 Å². The van der Waals surface area contributed by atoms with Crippen LogP contribution in [0.3, 0.4) is 0 Å². The number of fused-ring (bicyclic) bond motifs is 4. The van der Waals surface area contributed by atoms with E-state index < -0.39 is 0 Å². The van der Waals surface area contributed by atoms with Gasteiger partial charge < -0.3 is 4.74 Å². The van der Waals surface area contributed by atoms with Gasteiger partial charge in [0.05, 0.1) is 23.8 Å². The van der Waals surface area contributed by atoms with Crippen LogP contribution in [0.15, 0.2) is 77.9 Å². The van der Waals surface area contributed by atoms with Crippen molar-refractivity contribution in [3.63, 3.8) is 0 Å². The molecule has 0 spiro atoms. The van der Waals surface area contributed by atoms with E-state index >= 15 is 0 Å². The Morgan fingerprint density at radius 1 is 0.824 bits per heavy atom. The van der Waals surface area contributed by atoms with Crippen LogP contribution >= 0.6 is 0 Å². The maximum Gasteiger partial charge on any atom is 0.269 e. The zero-order valence-electron chi connectivity index (χ0n) is 19.0. The van der Waals surface area contributed by atoms with E-state index in [1.807, 2.05) is 66.9 Å². The minimum Gasteiger partial charge on any atom is -0.495 e. The van der Waals surface area contributed by atoms with E-state index in [9.17, 15) is 4.79 Å². The topological polar surface area (TPSA) is 74.8 Å². The number of aryl methyl sites for hydroxylation is 2. The lowest BCUT2D eigenvalue weighted by atomic mass is 10.1. The summed E-state index contributed by atoms with van der Waals surface area (Å²) in [6, 6.07) is 21.3. The summed E-state index contributed by atoms with van der Waals surface area (Å²) in [5, 5.41) is 0.417. The highest BCUT2D eigenvalue weighted by Crippen LogP contribution is 2.30. The number of ether oxygens (including phenoxy) is 1. The Morgan fingerprint density at radius 3 is 2.24 bits per heavy atom. The van der Waals surface area contributed by atoms with E-state index in [0.717, 1.165) is 27.8 Å². The van der Waals surface area contributed by atoms with Crippen LogP contribution in [0.1, 0.15) is 11.1 Å². The molecule has 6 aromatic rings. The van der Waals surface area contributed by atoms with Crippen LogP contribution in [0.2, 0.25) is 0 Å². The SMILES string of the molecule is COc1ccccc1-n1cnc2c(c1=O)c1nc3ccccc3nc1n2-c1cc(C)cc(C)c1. The molecule has 0 radical (unpaired) electrons. The number of benzene rings is 3. The third-order valence-corrected chi connectivity index (χ3v) is 5.97. The van der Waals surface area contributed by atoms with Gasteiger partial charge in [-0.2, -0.15) is 0 Å². The van der Waals surface area contributed by atoms with Crippen LogP contribution in [0.25, 0.3) is 44.6 Å². The summed E-state index contributed by atoms with van der Waals surface area (Å²) in [6.45, 7) is 4.10. The Bertz CT molecular complexity index is 1780. The summed E-state index contributed by atoms with van der Waals surface area (Å²) >= 11 is 0. The Labute approximate surface area is 194 Å². The van der Waals surface area contributed by atoms with Crippen molar-refractivity contribution in [1.82, 2.24) is 24.1 Å². The highest BCUT2D eigenvalue weighted by molar-refractivity contribution is 6.05. The van der Waals surface area contributed by atoms with E-state index in [0.29, 0.717) is 33.6 Å². The zero-order chi connectivity index (χ0) is 23.4. The first-order valence-electron chi connectivity index (χ1n) is 11.0. The molecule has 3 aromatic heterocycles. The van der Waals surface area contributed by atoms with Gasteiger partial charge in [0.25, 0.3) is 5.56 Å². The second-order valence-electron chi connectivity index (χ2n) is 8.36. The van der Waals surface area contributed by atoms with Crippen molar-refractivity contribution in [2.75, 3.05) is 7.11 Å². The largest absolute Gasteiger partial charge is 0.495 e. The van der Waals surface area contributed by atoms with Crippen molar-refractivity contribution in [2.24, 2.45) is 0 Å². The third kappa shape index (κ3) is 2.97. The summed E-state index contributed by atoms with van der Waals surface area (Å²) in [7, 11) is 1.58. The van der Waals surface area contributed by atoms with Crippen molar-refractivity contribution < 1.29 is 4.74 Å². The lowest BCUT2D eigenvalue weighted by Gasteiger charge is -2.11. The number of para-hydroxylation sites is 4. The molecular formula is C27H21N5O2. The maximum atomic E-state index is 13.9. The number of nitrogens with zero attached hydrogens (tertiary/aromatic N) is 5. The third-order valence-electron chi connectivity index (χ3n) is 5.97. The second kappa shape index (κ2) is 7.52. The Balaban J connectivity index is 1.79. The lowest BCUT2D eigenvalue weighted by Crippen LogP contribution is -2.19. The molecule has 0 atom stereocenters. The molecule has 0 aliphatic rings. The molecule has 0 bridgehead atoms. The molecule has 0 aliphatic carbocycles. The molecule has 34 heavy (non-hydrogen) atoms. The van der Waals surface area contributed by atoms with Crippen LogP contribution in [0.4, 0.5) is 0 Å². The molecule has 0 amide bonds. The summed E-state index contributed by atoms with van der Waals surface area (Å²) in [6.07, 6.45) is 1.54. The number of hydrogen-bond acceptors (Lipinski definition) is 5. The van der Waals surface area contributed by atoms with Crippen molar-refractivity contribution in [1.29, 1.82) is 0 Å². The van der Waals surface area contributed by atoms with Gasteiger partial charge in [-0.15, -0.1) is 0 Å². The van der Waals surface area contributed by atoms with Gasteiger partial charge in [-0.1, -0.05) is 30.3 Å². The number of aromatic nitrogens is 5. The minimum atomic E-state index is -0.229. The fraction of sp³-hybridized carbons (Fsp3) is 0.111. The summed E-state index contributed by atoms with van der Waals surface area (Å²) < 4.78 is 8.92. The molecular weight excluding hydrogens is 426 g/mol. The Morgan fingerprint density at radius 2 is 1.50 bits per heavy atom. The first kappa shape index (κ1) is 20.1. The van der Waals surface area contributed by atoms with Gasteiger partial charge in [0.2, 0.25) is 0 Å². The molecule has 7 heteroatoms. The van der Waals surface area contributed by atoms with Crippen LogP contribution in [-0.2, 0) is 0 Å². The monoisotopic (exact) mass is 447 g/mol. The Kier molecular flexibility index (Phi) is 4.45. The van der Waals surface area contributed by atoms with Gasteiger partial charge in [-0.25, -0.2) is 15.0 Å². The van der Waals surface area contributed by atoms with Crippen molar-refractivity contribution >= 4 is 33.2 Å². The van der Waals surface area contributed by atoms with Crippen molar-refractivity contribution in [2.45, 2.75) is 13.8 Å². The van der Waals surface area contributed by atoms with Crippen LogP contribution in [-0.4, -0.2) is 31.2 Å². The molecule has 0 unspecified atom stereocenters. The number of methoxy groups -OCH3 is 1. The normalized spacial score (nSPS) is 11.5. The van der Waals surface area contributed by atoms with Crippen LogP contribution < -0.4 is 10.3 Å². The molecule has 0 fully saturated rings. The Hall–Kier alpha value is -4.52. The number of rotatable bonds is 3. The molecule has 0 N–H and O–H groups in total. The molecule has 166 valence electrons. The fourth-order valence-electron chi connectivity index (χ4n) is 4.56. The lowest BCUT2D eigenvalue weighted by molar-refractivity contribution is 0.412. The molecule has 0 aliphatic heterocycles. The summed E-state index contributed by atoms with van der Waals surface area (Å²) in [4.78, 5) is 28.4. The van der Waals surface area contributed by atoms with Gasteiger partial charge in [0.1, 0.15) is 23.0 Å². The zero-order valence-corrected chi connectivity index (χ0v) is 19.0. The highest BCUT2D eigenvalue weighted by atomic mass is 16.5. The maximum absolute atomic E-state index is 13.9. The number of hydrogen-bond donors (Lipinski definition) is 0. The molecule has 6 rings (SSSR count). The molecule has 0 saturated heterocycles. The molecule has 0 saturated carbocycles. The van der Waals surface area contributed by atoms with Crippen molar-refractivity contribution in [3.05, 3.63) is 94.5 Å². The minimum absolute atomic E-state index is 0.229. The van der Waals surface area contributed by atoms with E-state index in [2.05, 4.69) is 18.2 Å². The summed E-state index contributed by atoms with van der Waals surface area (Å²) in [5.41, 5.74) is 6.63. The fourth-order valence-corrected chi connectivity index (χ4v) is 4.56.